The van der Waals surface area contributed by atoms with Crippen LogP contribution in [0.15, 0.2) is 0 Å². The van der Waals surface area contributed by atoms with Gasteiger partial charge in [-0.05, 0) is 6.42 Å². The SMILES string of the molecule is CCCCCCCCCCCCCCCCOP(=O)(O)OCCNC(=O)OCCOCCO. The summed E-state index contributed by atoms with van der Waals surface area (Å²) in [5, 5.41) is 10.9. The number of hydrogen-bond donors (Lipinski definition) is 3. The van der Waals surface area contributed by atoms with Gasteiger partial charge in [0.1, 0.15) is 6.61 Å². The van der Waals surface area contributed by atoms with Gasteiger partial charge in [0.05, 0.1) is 33.0 Å². The number of carbonyl (C=O) groups is 1. The summed E-state index contributed by atoms with van der Waals surface area (Å²) in [7, 11) is -4.11. The zero-order valence-corrected chi connectivity index (χ0v) is 21.5. The van der Waals surface area contributed by atoms with Crippen LogP contribution in [0.2, 0.25) is 0 Å². The number of amides is 1. The lowest BCUT2D eigenvalue weighted by Crippen LogP contribution is -2.28. The third kappa shape index (κ3) is 25.8. The second-order valence-electron chi connectivity index (χ2n) is 8.13. The van der Waals surface area contributed by atoms with E-state index in [0.717, 1.165) is 12.8 Å². The molecule has 33 heavy (non-hydrogen) atoms. The maximum Gasteiger partial charge on any atom is 0.472 e. The monoisotopic (exact) mass is 497 g/mol. The van der Waals surface area contributed by atoms with Gasteiger partial charge in [0.2, 0.25) is 0 Å². The molecule has 9 nitrogen and oxygen atoms in total. The number of rotatable bonds is 25. The summed E-state index contributed by atoms with van der Waals surface area (Å²) in [4.78, 5) is 21.0. The highest BCUT2D eigenvalue weighted by Gasteiger charge is 2.20. The molecule has 0 saturated heterocycles. The van der Waals surface area contributed by atoms with Crippen molar-refractivity contribution in [2.45, 2.75) is 96.8 Å². The van der Waals surface area contributed by atoms with Gasteiger partial charge in [-0.15, -0.1) is 0 Å². The van der Waals surface area contributed by atoms with Crippen molar-refractivity contribution < 1.29 is 37.9 Å². The predicted octanol–water partition coefficient (Wildman–Crippen LogP) is 5.34. The minimum absolute atomic E-state index is 0.0170. The van der Waals surface area contributed by atoms with E-state index in [0.29, 0.717) is 6.42 Å². The van der Waals surface area contributed by atoms with Gasteiger partial charge in [0, 0.05) is 6.54 Å². The Morgan fingerprint density at radius 3 is 1.79 bits per heavy atom. The van der Waals surface area contributed by atoms with Crippen molar-refractivity contribution in [2.75, 3.05) is 46.2 Å². The molecular formula is C23H48NO8P. The summed E-state index contributed by atoms with van der Waals surface area (Å²) in [6, 6.07) is 0. The highest BCUT2D eigenvalue weighted by Crippen LogP contribution is 2.43. The number of phosphoric acid groups is 1. The molecule has 0 spiro atoms. The minimum atomic E-state index is -4.11. The molecule has 0 aromatic rings. The third-order valence-corrected chi connectivity index (χ3v) is 6.09. The lowest BCUT2D eigenvalue weighted by Gasteiger charge is -2.12. The molecule has 0 aliphatic heterocycles. The first-order valence-corrected chi connectivity index (χ1v) is 14.2. The Bertz CT molecular complexity index is 481. The fraction of sp³-hybridized carbons (Fsp3) is 0.957. The zero-order valence-electron chi connectivity index (χ0n) is 20.6. The lowest BCUT2D eigenvalue weighted by atomic mass is 10.0. The number of nitrogens with one attached hydrogen (secondary N) is 1. The second-order valence-corrected chi connectivity index (χ2v) is 9.58. The Kier molecular flexibility index (Phi) is 23.9. The van der Waals surface area contributed by atoms with Crippen LogP contribution in [0.25, 0.3) is 0 Å². The van der Waals surface area contributed by atoms with Crippen LogP contribution in [0.3, 0.4) is 0 Å². The first kappa shape index (κ1) is 32.3. The standard InChI is InChI=1S/C23H48NO8P/c1-2-3-4-5-6-7-8-9-10-11-12-13-14-15-18-31-33(27,28)32-19-16-24-23(26)30-22-21-29-20-17-25/h25H,2-22H2,1H3,(H,24,26)(H,27,28). The molecule has 1 atom stereocenters. The van der Waals surface area contributed by atoms with E-state index in [2.05, 4.69) is 12.2 Å². The van der Waals surface area contributed by atoms with Gasteiger partial charge < -0.3 is 24.8 Å². The number of aliphatic hydroxyl groups excluding tert-OH is 1. The van der Waals surface area contributed by atoms with Crippen LogP contribution < -0.4 is 5.32 Å². The largest absolute Gasteiger partial charge is 0.472 e. The van der Waals surface area contributed by atoms with E-state index in [1.54, 1.807) is 0 Å². The molecule has 0 saturated carbocycles. The maximum absolute atomic E-state index is 11.8. The van der Waals surface area contributed by atoms with Gasteiger partial charge in [-0.3, -0.25) is 9.05 Å². The fourth-order valence-corrected chi connectivity index (χ4v) is 4.00. The fourth-order valence-electron chi connectivity index (χ4n) is 3.24. The summed E-state index contributed by atoms with van der Waals surface area (Å²) >= 11 is 0. The number of phosphoric ester groups is 1. The lowest BCUT2D eigenvalue weighted by molar-refractivity contribution is 0.0532. The molecule has 0 heterocycles. The normalized spacial score (nSPS) is 13.1. The summed E-state index contributed by atoms with van der Waals surface area (Å²) in [6.07, 6.45) is 16.7. The van der Waals surface area contributed by atoms with E-state index >= 15 is 0 Å². The summed E-state index contributed by atoms with van der Waals surface area (Å²) in [5.74, 6) is 0. The average molecular weight is 498 g/mol. The first-order chi connectivity index (χ1) is 16.0. The molecule has 0 aromatic carbocycles. The van der Waals surface area contributed by atoms with Crippen molar-refractivity contribution in [3.63, 3.8) is 0 Å². The van der Waals surface area contributed by atoms with Crippen molar-refractivity contribution in [3.05, 3.63) is 0 Å². The van der Waals surface area contributed by atoms with Crippen LogP contribution in [-0.4, -0.2) is 62.3 Å². The Morgan fingerprint density at radius 2 is 1.24 bits per heavy atom. The van der Waals surface area contributed by atoms with Crippen LogP contribution in [-0.2, 0) is 23.1 Å². The molecule has 3 N–H and O–H groups in total. The summed E-state index contributed by atoms with van der Waals surface area (Å²) in [5.41, 5.74) is 0. The molecule has 0 aliphatic rings. The second kappa shape index (κ2) is 24.4. The highest BCUT2D eigenvalue weighted by atomic mass is 31.2. The van der Waals surface area contributed by atoms with E-state index in [9.17, 15) is 14.3 Å². The molecule has 1 unspecified atom stereocenters. The van der Waals surface area contributed by atoms with Crippen LogP contribution in [0.5, 0.6) is 0 Å². The molecule has 0 fully saturated rings. The van der Waals surface area contributed by atoms with E-state index in [4.69, 9.17) is 23.6 Å². The maximum atomic E-state index is 11.8. The molecule has 10 heteroatoms. The Hall–Kier alpha value is -0.700. The quantitative estimate of drug-likeness (QED) is 0.114. The van der Waals surface area contributed by atoms with E-state index in [1.165, 1.54) is 70.6 Å². The van der Waals surface area contributed by atoms with Gasteiger partial charge in [-0.2, -0.15) is 0 Å². The molecule has 198 valence electrons. The van der Waals surface area contributed by atoms with Gasteiger partial charge in [0.15, 0.2) is 0 Å². The number of hydrogen-bond acceptors (Lipinski definition) is 7. The van der Waals surface area contributed by atoms with Gasteiger partial charge in [-0.25, -0.2) is 9.36 Å². The van der Waals surface area contributed by atoms with E-state index in [1.807, 2.05) is 0 Å². The molecular weight excluding hydrogens is 449 g/mol. The van der Waals surface area contributed by atoms with E-state index in [-0.39, 0.29) is 46.2 Å². The van der Waals surface area contributed by atoms with E-state index < -0.39 is 13.9 Å². The van der Waals surface area contributed by atoms with Crippen molar-refractivity contribution in [1.29, 1.82) is 0 Å². The highest BCUT2D eigenvalue weighted by molar-refractivity contribution is 7.47. The van der Waals surface area contributed by atoms with Gasteiger partial charge >= 0.3 is 13.9 Å². The van der Waals surface area contributed by atoms with Crippen molar-refractivity contribution in [2.24, 2.45) is 0 Å². The smallest absolute Gasteiger partial charge is 0.447 e. The molecule has 0 aromatic heterocycles. The predicted molar refractivity (Wildman–Crippen MR) is 129 cm³/mol. The van der Waals surface area contributed by atoms with Crippen LogP contribution in [0.4, 0.5) is 4.79 Å². The minimum Gasteiger partial charge on any atom is -0.447 e. The average Bonchev–Trinajstić information content (AvgIpc) is 2.79. The zero-order chi connectivity index (χ0) is 24.5. The number of carbonyl (C=O) groups excluding carboxylic acids is 1. The topological polar surface area (TPSA) is 124 Å². The number of unbranched alkanes of at least 4 members (excludes halogenated alkanes) is 13. The Labute approximate surface area is 200 Å². The van der Waals surface area contributed by atoms with Crippen molar-refractivity contribution >= 4 is 13.9 Å². The Morgan fingerprint density at radius 1 is 0.727 bits per heavy atom. The molecule has 0 bridgehead atoms. The van der Waals surface area contributed by atoms with Crippen LogP contribution in [0, 0.1) is 0 Å². The van der Waals surface area contributed by atoms with Crippen LogP contribution >= 0.6 is 7.82 Å². The van der Waals surface area contributed by atoms with Gasteiger partial charge in [0.25, 0.3) is 0 Å². The summed E-state index contributed by atoms with van der Waals surface area (Å²) < 4.78 is 31.3. The number of aliphatic hydroxyl groups is 1. The number of ether oxygens (including phenoxy) is 2. The molecule has 1 amide bonds. The number of alkyl carbamates (subject to hydrolysis) is 1. The molecule has 0 radical (unpaired) electrons. The van der Waals surface area contributed by atoms with Crippen LogP contribution in [0.1, 0.15) is 96.8 Å². The third-order valence-electron chi connectivity index (χ3n) is 5.07. The Balaban J connectivity index is 3.40. The summed E-state index contributed by atoms with van der Waals surface area (Å²) in [6.45, 7) is 2.60. The molecule has 0 rings (SSSR count). The van der Waals surface area contributed by atoms with Crippen molar-refractivity contribution in [1.82, 2.24) is 5.32 Å². The van der Waals surface area contributed by atoms with Crippen molar-refractivity contribution in [3.8, 4) is 0 Å². The van der Waals surface area contributed by atoms with Gasteiger partial charge in [-0.1, -0.05) is 90.4 Å². The molecule has 0 aliphatic carbocycles. The first-order valence-electron chi connectivity index (χ1n) is 12.7.